The van der Waals surface area contributed by atoms with Gasteiger partial charge in [-0.2, -0.15) is 26.3 Å². The first-order valence-corrected chi connectivity index (χ1v) is 13.7. The Balaban J connectivity index is 1.62. The van der Waals surface area contributed by atoms with Crippen molar-refractivity contribution in [2.24, 2.45) is 10.8 Å². The van der Waals surface area contributed by atoms with Gasteiger partial charge in [-0.3, -0.25) is 0 Å². The molecule has 0 saturated carbocycles. The maximum absolute atomic E-state index is 13.2. The van der Waals surface area contributed by atoms with Crippen LogP contribution in [0.4, 0.5) is 31.1 Å². The van der Waals surface area contributed by atoms with Crippen molar-refractivity contribution < 1.29 is 40.6 Å². The van der Waals surface area contributed by atoms with Crippen LogP contribution in [0.5, 0.6) is 0 Å². The molecule has 0 fully saturated rings. The standard InChI is InChI=1S/C27H26F6N2O3S2/c1-24(2,3)19(21-34-15-11-13(26(28,29)30)7-9-17(15)39-21)37-23(36)38-20(25(4,5)6)22-35-16-12-14(27(31,32)33)8-10-18(16)40-22/h7-12,19-20H,1-6H3/t19-,20-/m1/s1. The summed E-state index contributed by atoms with van der Waals surface area (Å²) in [6, 6.07) is 6.47. The molecule has 0 aliphatic carbocycles. The highest BCUT2D eigenvalue weighted by Crippen LogP contribution is 2.44. The molecule has 0 amide bonds. The number of halogens is 6. The summed E-state index contributed by atoms with van der Waals surface area (Å²) in [6.07, 6.45) is -12.0. The largest absolute Gasteiger partial charge is 0.509 e. The third-order valence-corrected chi connectivity index (χ3v) is 8.07. The lowest BCUT2D eigenvalue weighted by molar-refractivity contribution is -0.138. The molecule has 0 aliphatic heterocycles. The third-order valence-electron chi connectivity index (χ3n) is 5.91. The minimum Gasteiger partial charge on any atom is -0.423 e. The van der Waals surface area contributed by atoms with E-state index in [0.717, 1.165) is 46.9 Å². The fourth-order valence-corrected chi connectivity index (χ4v) is 6.33. The lowest BCUT2D eigenvalue weighted by atomic mass is 9.89. The molecule has 0 unspecified atom stereocenters. The summed E-state index contributed by atoms with van der Waals surface area (Å²) in [7, 11) is 0. The van der Waals surface area contributed by atoms with Crippen LogP contribution in [0.15, 0.2) is 36.4 Å². The SMILES string of the molecule is CC(C)(C)[C@H](OC(=O)O[C@H](c1nc2cc(C(F)(F)F)ccc2s1)C(C)(C)C)c1nc2cc(C(F)(F)F)ccc2s1. The van der Waals surface area contributed by atoms with Crippen LogP contribution in [0.2, 0.25) is 0 Å². The topological polar surface area (TPSA) is 61.3 Å². The van der Waals surface area contributed by atoms with E-state index in [1.54, 1.807) is 41.5 Å². The Morgan fingerprint density at radius 1 is 0.675 bits per heavy atom. The zero-order valence-electron chi connectivity index (χ0n) is 22.3. The van der Waals surface area contributed by atoms with Gasteiger partial charge >= 0.3 is 18.5 Å². The molecule has 0 aliphatic rings. The van der Waals surface area contributed by atoms with E-state index in [1.165, 1.54) is 12.1 Å². The molecule has 4 aromatic rings. The molecule has 4 rings (SSSR count). The van der Waals surface area contributed by atoms with Crippen molar-refractivity contribution in [2.45, 2.75) is 66.1 Å². The Hall–Kier alpha value is -2.93. The quantitative estimate of drug-likeness (QED) is 0.171. The Morgan fingerprint density at radius 3 is 1.32 bits per heavy atom. The summed E-state index contributed by atoms with van der Waals surface area (Å²) in [6.45, 7) is 10.7. The Labute approximate surface area is 234 Å². The van der Waals surface area contributed by atoms with Gasteiger partial charge in [-0.15, -0.1) is 22.7 Å². The summed E-state index contributed by atoms with van der Waals surface area (Å²) in [5.74, 6) is 0. The molecule has 5 nitrogen and oxygen atoms in total. The number of hydrogen-bond donors (Lipinski definition) is 0. The summed E-state index contributed by atoms with van der Waals surface area (Å²) < 4.78 is 91.5. The zero-order valence-corrected chi connectivity index (χ0v) is 24.0. The molecule has 2 aromatic heterocycles. The average molecular weight is 605 g/mol. The third kappa shape index (κ3) is 6.51. The molecular weight excluding hydrogens is 578 g/mol. The van der Waals surface area contributed by atoms with Crippen molar-refractivity contribution in [1.82, 2.24) is 9.97 Å². The Bertz CT molecular complexity index is 1430. The molecule has 0 radical (unpaired) electrons. The molecule has 216 valence electrons. The molecule has 13 heteroatoms. The average Bonchev–Trinajstić information content (AvgIpc) is 3.40. The molecule has 2 heterocycles. The van der Waals surface area contributed by atoms with Gasteiger partial charge in [0, 0.05) is 10.8 Å². The fourth-order valence-electron chi connectivity index (χ4n) is 3.88. The Morgan fingerprint density at radius 2 is 1.02 bits per heavy atom. The van der Waals surface area contributed by atoms with Gasteiger partial charge < -0.3 is 9.47 Å². The van der Waals surface area contributed by atoms with Crippen molar-refractivity contribution in [3.63, 3.8) is 0 Å². The van der Waals surface area contributed by atoms with Gasteiger partial charge in [0.25, 0.3) is 0 Å². The van der Waals surface area contributed by atoms with Gasteiger partial charge in [-0.1, -0.05) is 41.5 Å². The number of benzene rings is 2. The number of ether oxygens (including phenoxy) is 2. The van der Waals surface area contributed by atoms with E-state index in [9.17, 15) is 31.1 Å². The number of nitrogens with zero attached hydrogens (tertiary/aromatic N) is 2. The lowest BCUT2D eigenvalue weighted by Crippen LogP contribution is -2.28. The molecular formula is C27H26F6N2O3S2. The lowest BCUT2D eigenvalue weighted by Gasteiger charge is -2.31. The number of fused-ring (bicyclic) bond motifs is 2. The molecule has 0 saturated heterocycles. The maximum atomic E-state index is 13.2. The summed E-state index contributed by atoms with van der Waals surface area (Å²) in [5, 5.41) is 0.594. The van der Waals surface area contributed by atoms with Crippen LogP contribution in [-0.4, -0.2) is 16.1 Å². The molecule has 0 N–H and O–H groups in total. The maximum Gasteiger partial charge on any atom is 0.509 e. The summed E-state index contributed by atoms with van der Waals surface area (Å²) in [5.41, 5.74) is -2.84. The van der Waals surface area contributed by atoms with Crippen LogP contribution in [0.3, 0.4) is 0 Å². The molecule has 0 bridgehead atoms. The van der Waals surface area contributed by atoms with Gasteiger partial charge in [-0.05, 0) is 36.4 Å². The highest BCUT2D eigenvalue weighted by atomic mass is 32.1. The van der Waals surface area contributed by atoms with Crippen LogP contribution in [0.25, 0.3) is 20.4 Å². The van der Waals surface area contributed by atoms with Gasteiger partial charge in [0.2, 0.25) is 0 Å². The zero-order chi connectivity index (χ0) is 29.8. The van der Waals surface area contributed by atoms with Gasteiger partial charge in [0.15, 0.2) is 12.2 Å². The van der Waals surface area contributed by atoms with Crippen LogP contribution in [0, 0.1) is 10.8 Å². The normalized spacial score (nSPS) is 14.9. The van der Waals surface area contributed by atoms with Crippen molar-refractivity contribution >= 4 is 49.3 Å². The predicted molar refractivity (Wildman–Crippen MR) is 141 cm³/mol. The predicted octanol–water partition coefficient (Wildman–Crippen LogP) is 9.97. The van der Waals surface area contributed by atoms with Crippen molar-refractivity contribution in [3.8, 4) is 0 Å². The first-order chi connectivity index (χ1) is 18.2. The highest BCUT2D eigenvalue weighted by Gasteiger charge is 2.38. The number of carbonyl (C=O) groups excluding carboxylic acids is 1. The van der Waals surface area contributed by atoms with Crippen LogP contribution in [-0.2, 0) is 21.8 Å². The van der Waals surface area contributed by atoms with E-state index in [-0.39, 0.29) is 11.0 Å². The van der Waals surface area contributed by atoms with Crippen molar-refractivity contribution in [2.75, 3.05) is 0 Å². The van der Waals surface area contributed by atoms with Gasteiger partial charge in [-0.25, -0.2) is 14.8 Å². The summed E-state index contributed by atoms with van der Waals surface area (Å²) >= 11 is 2.21. The minimum absolute atomic E-state index is 0.126. The smallest absolute Gasteiger partial charge is 0.423 e. The van der Waals surface area contributed by atoms with E-state index >= 15 is 0 Å². The number of hydrogen-bond acceptors (Lipinski definition) is 7. The molecule has 2 aromatic carbocycles. The summed E-state index contributed by atoms with van der Waals surface area (Å²) in [4.78, 5) is 21.8. The van der Waals surface area contributed by atoms with Crippen molar-refractivity contribution in [1.29, 1.82) is 0 Å². The second-order valence-electron chi connectivity index (χ2n) is 11.4. The van der Waals surface area contributed by atoms with E-state index in [0.29, 0.717) is 19.4 Å². The van der Waals surface area contributed by atoms with Crippen LogP contribution in [0.1, 0.15) is 74.9 Å². The second-order valence-corrected chi connectivity index (χ2v) is 13.6. The fraction of sp³-hybridized carbons (Fsp3) is 0.444. The number of aromatic nitrogens is 2. The Kier molecular flexibility index (Phi) is 7.63. The number of rotatable bonds is 4. The van der Waals surface area contributed by atoms with E-state index in [2.05, 4.69) is 9.97 Å². The number of thiazole rings is 2. The minimum atomic E-state index is -4.53. The van der Waals surface area contributed by atoms with Crippen LogP contribution >= 0.6 is 22.7 Å². The van der Waals surface area contributed by atoms with Gasteiger partial charge in [0.1, 0.15) is 10.0 Å². The monoisotopic (exact) mass is 604 g/mol. The number of carbonyl (C=O) groups is 1. The van der Waals surface area contributed by atoms with E-state index in [4.69, 9.17) is 9.47 Å². The first kappa shape index (κ1) is 30.0. The van der Waals surface area contributed by atoms with E-state index < -0.39 is 52.7 Å². The molecule has 40 heavy (non-hydrogen) atoms. The first-order valence-electron chi connectivity index (χ1n) is 12.1. The van der Waals surface area contributed by atoms with Crippen molar-refractivity contribution in [3.05, 3.63) is 57.5 Å². The van der Waals surface area contributed by atoms with E-state index in [1.807, 2.05) is 0 Å². The number of alkyl halides is 6. The molecule has 0 spiro atoms. The highest BCUT2D eigenvalue weighted by molar-refractivity contribution is 7.19. The second kappa shape index (κ2) is 10.2. The van der Waals surface area contributed by atoms with Gasteiger partial charge in [0.05, 0.1) is 31.6 Å². The van der Waals surface area contributed by atoms with Crippen LogP contribution < -0.4 is 0 Å². The molecule has 2 atom stereocenters.